The molecule has 0 rings (SSSR count). The molecule has 0 saturated heterocycles. The first-order valence-corrected chi connectivity index (χ1v) is 5.64. The predicted molar refractivity (Wildman–Crippen MR) is 61.8 cm³/mol. The maximum Gasteiger partial charge on any atom is 0.0130 e. The molecular formula is C11H28N2. The summed E-state index contributed by atoms with van der Waals surface area (Å²) in [6, 6.07) is 0. The van der Waals surface area contributed by atoms with Crippen molar-refractivity contribution in [2.45, 2.75) is 47.0 Å². The van der Waals surface area contributed by atoms with E-state index >= 15 is 0 Å². The third-order valence-electron chi connectivity index (χ3n) is 1.97. The van der Waals surface area contributed by atoms with E-state index in [1.807, 2.05) is 13.8 Å². The third kappa shape index (κ3) is 9.84. The van der Waals surface area contributed by atoms with Gasteiger partial charge in [-0.2, -0.15) is 0 Å². The first-order chi connectivity index (χ1) is 6.22. The van der Waals surface area contributed by atoms with Gasteiger partial charge in [-0.3, -0.25) is 0 Å². The largest absolute Gasteiger partial charge is 0.245 e. The molecule has 0 heterocycles. The molecule has 13 heavy (non-hydrogen) atoms. The lowest BCUT2D eigenvalue weighted by Crippen LogP contribution is -2.37. The van der Waals surface area contributed by atoms with Gasteiger partial charge in [0.05, 0.1) is 0 Å². The molecule has 0 fully saturated rings. The highest BCUT2D eigenvalue weighted by molar-refractivity contribution is 4.47. The van der Waals surface area contributed by atoms with E-state index in [0.29, 0.717) is 0 Å². The molecule has 0 saturated carbocycles. The molecule has 0 aliphatic rings. The van der Waals surface area contributed by atoms with Crippen LogP contribution in [0.1, 0.15) is 47.0 Å². The zero-order valence-corrected chi connectivity index (χ0v) is 10.4. The Bertz CT molecular complexity index is 84.2. The number of rotatable bonds is 6. The molecule has 0 amide bonds. The van der Waals surface area contributed by atoms with Crippen molar-refractivity contribution in [2.24, 2.45) is 0 Å². The Kier molecular flexibility index (Phi) is 14.1. The van der Waals surface area contributed by atoms with E-state index < -0.39 is 0 Å². The van der Waals surface area contributed by atoms with E-state index in [4.69, 9.17) is 0 Å². The van der Waals surface area contributed by atoms with Crippen LogP contribution in [0.2, 0.25) is 0 Å². The van der Waals surface area contributed by atoms with Crippen molar-refractivity contribution in [3.05, 3.63) is 0 Å². The van der Waals surface area contributed by atoms with Gasteiger partial charge in [-0.1, -0.05) is 34.1 Å². The van der Waals surface area contributed by atoms with Crippen LogP contribution in [0.3, 0.4) is 0 Å². The molecule has 2 heteroatoms. The van der Waals surface area contributed by atoms with Crippen LogP contribution in [0.4, 0.5) is 0 Å². The van der Waals surface area contributed by atoms with Gasteiger partial charge in [-0.05, 0) is 12.8 Å². The van der Waals surface area contributed by atoms with Crippen molar-refractivity contribution >= 4 is 0 Å². The number of hydrogen-bond donors (Lipinski definition) is 0. The van der Waals surface area contributed by atoms with E-state index in [1.165, 1.54) is 32.4 Å². The zero-order valence-electron chi connectivity index (χ0n) is 10.4. The smallest absolute Gasteiger partial charge is 0.0130 e. The lowest BCUT2D eigenvalue weighted by atomic mass is 10.3. The molecule has 0 N–H and O–H groups in total. The van der Waals surface area contributed by atoms with E-state index in [1.54, 1.807) is 0 Å². The zero-order chi connectivity index (χ0) is 10.7. The van der Waals surface area contributed by atoms with E-state index in [-0.39, 0.29) is 0 Å². The van der Waals surface area contributed by atoms with Gasteiger partial charge in [-0.25, -0.2) is 10.0 Å². The van der Waals surface area contributed by atoms with Gasteiger partial charge >= 0.3 is 0 Å². The Morgan fingerprint density at radius 1 is 0.769 bits per heavy atom. The number of nitrogens with zero attached hydrogens (tertiary/aromatic N) is 2. The monoisotopic (exact) mass is 188 g/mol. The quantitative estimate of drug-likeness (QED) is 0.591. The Labute approximate surface area is 84.9 Å². The Balaban J connectivity index is 0. The van der Waals surface area contributed by atoms with Crippen molar-refractivity contribution in [3.63, 3.8) is 0 Å². The summed E-state index contributed by atoms with van der Waals surface area (Å²) in [6.45, 7) is 10.8. The fourth-order valence-corrected chi connectivity index (χ4v) is 1.05. The summed E-state index contributed by atoms with van der Waals surface area (Å²) in [4.78, 5) is 0. The van der Waals surface area contributed by atoms with Gasteiger partial charge in [0.15, 0.2) is 0 Å². The van der Waals surface area contributed by atoms with E-state index in [0.717, 1.165) is 0 Å². The summed E-state index contributed by atoms with van der Waals surface area (Å²) in [5.74, 6) is 0. The lowest BCUT2D eigenvalue weighted by molar-refractivity contribution is 0.0263. The third-order valence-corrected chi connectivity index (χ3v) is 1.97. The summed E-state index contributed by atoms with van der Waals surface area (Å²) < 4.78 is 0. The summed E-state index contributed by atoms with van der Waals surface area (Å²) in [5.41, 5.74) is 0. The van der Waals surface area contributed by atoms with Gasteiger partial charge in [0, 0.05) is 27.2 Å². The van der Waals surface area contributed by atoms with Crippen LogP contribution in [0.15, 0.2) is 0 Å². The van der Waals surface area contributed by atoms with E-state index in [2.05, 4.69) is 38.0 Å². The summed E-state index contributed by atoms with van der Waals surface area (Å²) in [6.07, 6.45) is 3.81. The second-order valence-electron chi connectivity index (χ2n) is 3.12. The van der Waals surface area contributed by atoms with Crippen LogP contribution in [0.25, 0.3) is 0 Å². The van der Waals surface area contributed by atoms with Crippen molar-refractivity contribution in [3.8, 4) is 0 Å². The molecular weight excluding hydrogens is 160 g/mol. The summed E-state index contributed by atoms with van der Waals surface area (Å²) in [7, 11) is 4.31. The molecule has 0 aromatic carbocycles. The Hall–Kier alpha value is -0.0800. The van der Waals surface area contributed by atoms with Crippen molar-refractivity contribution in [1.82, 2.24) is 10.0 Å². The van der Waals surface area contributed by atoms with Gasteiger partial charge in [-0.15, -0.1) is 0 Å². The molecule has 82 valence electrons. The molecule has 2 nitrogen and oxygen atoms in total. The minimum atomic E-state index is 1.17. The maximum atomic E-state index is 2.30. The second-order valence-corrected chi connectivity index (χ2v) is 3.12. The first-order valence-electron chi connectivity index (χ1n) is 5.64. The maximum absolute atomic E-state index is 2.30. The predicted octanol–water partition coefficient (Wildman–Crippen LogP) is 3.00. The average molecular weight is 188 g/mol. The molecule has 0 aliphatic carbocycles. The normalized spacial score (nSPS) is 10.2. The minimum Gasteiger partial charge on any atom is -0.245 e. The van der Waals surface area contributed by atoms with Crippen LogP contribution in [-0.4, -0.2) is 37.2 Å². The van der Waals surface area contributed by atoms with Crippen LogP contribution in [0.5, 0.6) is 0 Å². The van der Waals surface area contributed by atoms with Gasteiger partial charge in [0.2, 0.25) is 0 Å². The number of unbranched alkanes of at least 4 members (excludes halogenated alkanes) is 1. The average Bonchev–Trinajstić information content (AvgIpc) is 2.17. The van der Waals surface area contributed by atoms with Crippen LogP contribution in [0, 0.1) is 0 Å². The molecule has 0 spiro atoms. The van der Waals surface area contributed by atoms with Gasteiger partial charge in [0.25, 0.3) is 0 Å². The molecule has 0 aromatic rings. The summed E-state index contributed by atoms with van der Waals surface area (Å²) in [5, 5.41) is 4.59. The molecule has 0 atom stereocenters. The fraction of sp³-hybridized carbons (Fsp3) is 1.00. The molecule has 0 bridgehead atoms. The van der Waals surface area contributed by atoms with Crippen molar-refractivity contribution in [1.29, 1.82) is 0 Å². The first kappa shape index (κ1) is 15.4. The molecule has 0 radical (unpaired) electrons. The van der Waals surface area contributed by atoms with Gasteiger partial charge < -0.3 is 0 Å². The highest BCUT2D eigenvalue weighted by Gasteiger charge is 2.01. The Morgan fingerprint density at radius 3 is 1.62 bits per heavy atom. The van der Waals surface area contributed by atoms with Gasteiger partial charge in [0.1, 0.15) is 0 Å². The van der Waals surface area contributed by atoms with Crippen molar-refractivity contribution < 1.29 is 0 Å². The number of hydrogen-bond acceptors (Lipinski definition) is 2. The number of hydrazine groups is 1. The van der Waals surface area contributed by atoms with Crippen LogP contribution < -0.4 is 0 Å². The topological polar surface area (TPSA) is 6.48 Å². The Morgan fingerprint density at radius 2 is 1.23 bits per heavy atom. The molecule has 0 unspecified atom stereocenters. The van der Waals surface area contributed by atoms with Crippen LogP contribution >= 0.6 is 0 Å². The second kappa shape index (κ2) is 11.9. The summed E-state index contributed by atoms with van der Waals surface area (Å²) >= 11 is 0. The van der Waals surface area contributed by atoms with E-state index in [9.17, 15) is 0 Å². The SMILES string of the molecule is CC.CCCCN(C)N(C)CCC. The highest BCUT2D eigenvalue weighted by atomic mass is 15.6. The van der Waals surface area contributed by atoms with Crippen LogP contribution in [-0.2, 0) is 0 Å². The van der Waals surface area contributed by atoms with Crippen molar-refractivity contribution in [2.75, 3.05) is 27.2 Å². The molecule has 0 aromatic heterocycles. The fourth-order valence-electron chi connectivity index (χ4n) is 1.05. The molecule has 0 aliphatic heterocycles. The highest BCUT2D eigenvalue weighted by Crippen LogP contribution is 1.96. The lowest BCUT2D eigenvalue weighted by Gasteiger charge is -2.27. The standard InChI is InChI=1S/C9H22N2.C2H6/c1-5-7-9-11(4)10(3)8-6-2;1-2/h5-9H2,1-4H3;1-2H3. The minimum absolute atomic E-state index is 1.17.